The molecule has 1 unspecified atom stereocenters. The molecule has 4 aromatic heterocycles. The number of anilines is 1. The van der Waals surface area contributed by atoms with E-state index in [0.717, 1.165) is 15.6 Å². The second-order valence-corrected chi connectivity index (χ2v) is 11.4. The molecule has 0 spiro atoms. The van der Waals surface area contributed by atoms with E-state index >= 15 is 0 Å². The zero-order valence-corrected chi connectivity index (χ0v) is 25.2. The van der Waals surface area contributed by atoms with Crippen LogP contribution in [0.25, 0.3) is 28.2 Å². The molecule has 1 aliphatic rings. The molecule has 16 heteroatoms. The Hall–Kier alpha value is -4.92. The molecule has 1 amide bonds. The molecule has 0 aliphatic carbocycles. The Bertz CT molecular complexity index is 1990. The van der Waals surface area contributed by atoms with Crippen LogP contribution in [0.4, 0.5) is 23.2 Å². The monoisotopic (exact) mass is 655 g/mol. The van der Waals surface area contributed by atoms with E-state index in [1.54, 1.807) is 19.1 Å². The van der Waals surface area contributed by atoms with Gasteiger partial charge in [0.1, 0.15) is 0 Å². The van der Waals surface area contributed by atoms with Gasteiger partial charge < -0.3 is 5.32 Å². The quantitative estimate of drug-likeness (QED) is 0.227. The lowest BCUT2D eigenvalue weighted by Crippen LogP contribution is -2.27. The Morgan fingerprint density at radius 3 is 2.61 bits per heavy atom. The van der Waals surface area contributed by atoms with Gasteiger partial charge in [-0.3, -0.25) is 19.1 Å². The summed E-state index contributed by atoms with van der Waals surface area (Å²) in [5, 5.41) is 14.1. The van der Waals surface area contributed by atoms with Crippen LogP contribution in [0.15, 0.2) is 66.1 Å². The molecule has 5 heterocycles. The smallest absolute Gasteiger partial charge is 0.323 e. The van der Waals surface area contributed by atoms with Gasteiger partial charge in [-0.05, 0) is 50.1 Å². The van der Waals surface area contributed by atoms with Gasteiger partial charge in [0.2, 0.25) is 5.91 Å². The van der Waals surface area contributed by atoms with E-state index in [2.05, 4.69) is 30.7 Å². The highest BCUT2D eigenvalue weighted by Crippen LogP contribution is 2.35. The molecule has 5 aromatic rings. The van der Waals surface area contributed by atoms with Gasteiger partial charge in [-0.1, -0.05) is 30.2 Å². The lowest BCUT2D eigenvalue weighted by Gasteiger charge is -2.22. The first kappa shape index (κ1) is 31.1. The number of fused-ring (bicyclic) bond motifs is 4. The van der Waals surface area contributed by atoms with Crippen LogP contribution in [0.1, 0.15) is 56.8 Å². The Morgan fingerprint density at radius 2 is 1.89 bits per heavy atom. The van der Waals surface area contributed by atoms with E-state index < -0.39 is 35.7 Å². The number of hydrogen-bond donors (Lipinski definition) is 1. The van der Waals surface area contributed by atoms with Crippen molar-refractivity contribution in [3.05, 3.63) is 88.1 Å². The summed E-state index contributed by atoms with van der Waals surface area (Å²) in [5.74, 6) is -0.632. The van der Waals surface area contributed by atoms with Crippen LogP contribution in [-0.4, -0.2) is 45.2 Å². The molecule has 11 nitrogen and oxygen atoms in total. The van der Waals surface area contributed by atoms with Crippen molar-refractivity contribution >= 4 is 23.2 Å². The maximum atomic E-state index is 14.6. The minimum Gasteiger partial charge on any atom is -0.323 e. The van der Waals surface area contributed by atoms with Crippen LogP contribution >= 0.6 is 11.6 Å². The predicted molar refractivity (Wildman–Crippen MR) is 160 cm³/mol. The summed E-state index contributed by atoms with van der Waals surface area (Å²) in [6, 6.07) is 8.43. The topological polar surface area (TPSA) is 125 Å². The number of carbonyl (C=O) groups excluding carboxylic acids is 1. The molecule has 1 aliphatic heterocycles. The van der Waals surface area contributed by atoms with Crippen molar-refractivity contribution in [3.63, 3.8) is 0 Å². The highest BCUT2D eigenvalue weighted by atomic mass is 35.5. The van der Waals surface area contributed by atoms with Crippen molar-refractivity contribution in [1.82, 2.24) is 39.3 Å². The number of nitrogens with one attached hydrogen (secondary N) is 1. The van der Waals surface area contributed by atoms with Crippen molar-refractivity contribution < 1.29 is 22.4 Å². The molecule has 3 atom stereocenters. The van der Waals surface area contributed by atoms with Crippen molar-refractivity contribution in [2.75, 3.05) is 5.32 Å². The van der Waals surface area contributed by atoms with Crippen LogP contribution < -0.4 is 10.9 Å². The zero-order chi connectivity index (χ0) is 32.7. The van der Waals surface area contributed by atoms with Gasteiger partial charge >= 0.3 is 6.18 Å². The molecule has 1 N–H and O–H groups in total. The minimum absolute atomic E-state index is 0.147. The Morgan fingerprint density at radius 1 is 1.09 bits per heavy atom. The number of aromatic nitrogens is 8. The minimum atomic E-state index is -4.70. The number of alkyl halides is 4. The van der Waals surface area contributed by atoms with Crippen LogP contribution in [0.2, 0.25) is 5.02 Å². The van der Waals surface area contributed by atoms with Crippen LogP contribution in [0.5, 0.6) is 0 Å². The van der Waals surface area contributed by atoms with Crippen molar-refractivity contribution in [2.45, 2.75) is 51.6 Å². The first-order valence-corrected chi connectivity index (χ1v) is 14.7. The first-order valence-electron chi connectivity index (χ1n) is 14.3. The zero-order valence-electron chi connectivity index (χ0n) is 24.4. The molecule has 0 radical (unpaired) electrons. The van der Waals surface area contributed by atoms with Gasteiger partial charge in [-0.25, -0.2) is 18.7 Å². The van der Waals surface area contributed by atoms with Gasteiger partial charge in [0.15, 0.2) is 12.0 Å². The van der Waals surface area contributed by atoms with E-state index in [1.807, 2.05) is 0 Å². The highest BCUT2D eigenvalue weighted by Gasteiger charge is 2.35. The molecule has 1 aromatic carbocycles. The average molecular weight is 656 g/mol. The van der Waals surface area contributed by atoms with Crippen LogP contribution in [0, 0.1) is 5.92 Å². The second-order valence-electron chi connectivity index (χ2n) is 11.0. The van der Waals surface area contributed by atoms with Crippen molar-refractivity contribution in [2.24, 2.45) is 5.92 Å². The SMILES string of the molecule is CC(F)n1ncc2c1-c1ccnc(c1)[C@@H](n1cnc(-c3cc(Cl)ccc3-n3cc(C(F)(F)F)nn3)cc1=O)CCC[C@@H](C)C(=O)N2. The summed E-state index contributed by atoms with van der Waals surface area (Å²) in [4.78, 5) is 35.7. The summed E-state index contributed by atoms with van der Waals surface area (Å²) < 4.78 is 57.7. The number of nitrogens with zero attached hydrogens (tertiary/aromatic N) is 8. The van der Waals surface area contributed by atoms with E-state index in [0.29, 0.717) is 41.9 Å². The molecular weight excluding hydrogens is 630 g/mol. The predicted octanol–water partition coefficient (Wildman–Crippen LogP) is 6.26. The summed E-state index contributed by atoms with van der Waals surface area (Å²) in [7, 11) is 0. The number of benzene rings is 1. The third-order valence-electron chi connectivity index (χ3n) is 7.79. The molecule has 46 heavy (non-hydrogen) atoms. The van der Waals surface area contributed by atoms with E-state index in [4.69, 9.17) is 11.6 Å². The molecule has 2 bridgehead atoms. The third kappa shape index (κ3) is 6.01. The van der Waals surface area contributed by atoms with Crippen molar-refractivity contribution in [1.29, 1.82) is 0 Å². The lowest BCUT2D eigenvalue weighted by molar-refractivity contribution is -0.141. The summed E-state index contributed by atoms with van der Waals surface area (Å²) in [5.41, 5.74) is 0.682. The van der Waals surface area contributed by atoms with Gasteiger partial charge in [-0.15, -0.1) is 5.10 Å². The number of hydrogen-bond acceptors (Lipinski definition) is 7. The Labute approximate surface area is 263 Å². The van der Waals surface area contributed by atoms with E-state index in [9.17, 15) is 27.2 Å². The lowest BCUT2D eigenvalue weighted by atomic mass is 9.97. The molecule has 0 fully saturated rings. The molecule has 238 valence electrons. The number of pyridine rings is 1. The maximum Gasteiger partial charge on any atom is 0.436 e. The number of halogens is 5. The Kier molecular flexibility index (Phi) is 8.19. The maximum absolute atomic E-state index is 14.6. The van der Waals surface area contributed by atoms with Crippen molar-refractivity contribution in [3.8, 4) is 28.2 Å². The summed E-state index contributed by atoms with van der Waals surface area (Å²) >= 11 is 6.23. The van der Waals surface area contributed by atoms with Gasteiger partial charge in [-0.2, -0.15) is 18.3 Å². The van der Waals surface area contributed by atoms with E-state index in [-0.39, 0.29) is 27.9 Å². The fourth-order valence-corrected chi connectivity index (χ4v) is 5.61. The molecule has 0 saturated heterocycles. The first-order chi connectivity index (χ1) is 21.9. The number of carbonyl (C=O) groups is 1. The highest BCUT2D eigenvalue weighted by molar-refractivity contribution is 6.31. The molecular formula is C30H26ClF4N9O2. The number of rotatable bonds is 4. The summed E-state index contributed by atoms with van der Waals surface area (Å²) in [6.07, 6.45) is 0.291. The normalized spacial score (nSPS) is 17.8. The van der Waals surface area contributed by atoms with Gasteiger partial charge in [0, 0.05) is 34.3 Å². The largest absolute Gasteiger partial charge is 0.436 e. The van der Waals surface area contributed by atoms with Gasteiger partial charge in [0.25, 0.3) is 5.56 Å². The summed E-state index contributed by atoms with van der Waals surface area (Å²) in [6.45, 7) is 3.11. The fraction of sp³-hybridized carbons (Fsp3) is 0.300. The average Bonchev–Trinajstić information content (AvgIpc) is 3.67. The standard InChI is InChI=1S/C30H26ClF4N9O2/c1-16-4-3-5-25(22-10-18(8-9-36-22)28-23(39-29(16)46)13-38-44(28)17(2)32)42-15-37-21(12-27(42)45)20-11-19(31)6-7-24(20)43-14-26(40-41-43)30(33,34)35/h6-17,25H,3-5H2,1-2H3,(H,39,46)/t16-,17?,25+/m1/s1. The Balaban J connectivity index is 1.43. The number of amides is 1. The van der Waals surface area contributed by atoms with Crippen LogP contribution in [-0.2, 0) is 11.0 Å². The third-order valence-corrected chi connectivity index (χ3v) is 8.02. The van der Waals surface area contributed by atoms with Gasteiger partial charge in [0.05, 0.1) is 53.2 Å². The molecule has 6 rings (SSSR count). The molecule has 0 saturated carbocycles. The fourth-order valence-electron chi connectivity index (χ4n) is 5.44. The second kappa shape index (κ2) is 12.1. The van der Waals surface area contributed by atoms with Crippen LogP contribution in [0.3, 0.4) is 0 Å². The van der Waals surface area contributed by atoms with E-state index in [1.165, 1.54) is 54.5 Å².